The Bertz CT molecular complexity index is 1140. The van der Waals surface area contributed by atoms with E-state index in [0.29, 0.717) is 13.0 Å². The monoisotopic (exact) mass is 477 g/mol. The number of hydrogen-bond acceptors (Lipinski definition) is 4. The minimum absolute atomic E-state index is 0.156. The summed E-state index contributed by atoms with van der Waals surface area (Å²) in [6.07, 6.45) is 5.18. The quantitative estimate of drug-likeness (QED) is 0.493. The maximum absolute atomic E-state index is 13.7. The van der Waals surface area contributed by atoms with Crippen LogP contribution in [0.25, 0.3) is 10.9 Å². The predicted molar refractivity (Wildman–Crippen MR) is 141 cm³/mol. The molecule has 2 aromatic carbocycles. The number of piperidine rings is 1. The Hall–Kier alpha value is -2.99. The predicted octanol–water partition coefficient (Wildman–Crippen LogP) is 5.06. The highest BCUT2D eigenvalue weighted by Gasteiger charge is 2.32. The lowest BCUT2D eigenvalue weighted by atomic mass is 9.96. The third-order valence-corrected chi connectivity index (χ3v) is 7.28. The number of aromatic amines is 1. The fraction of sp³-hybridized carbons (Fsp3) is 0.483. The van der Waals surface area contributed by atoms with Crippen molar-refractivity contribution in [2.75, 3.05) is 33.9 Å². The molecule has 0 atom stereocenters. The number of ether oxygens (including phenoxy) is 2. The SMILES string of the molecule is COc1ccc(CCN(C(=O)Cc2c[nH]c3ccccc23)C2CCN(C(C)(C)C)CC2)cc1OC. The van der Waals surface area contributed by atoms with E-state index in [-0.39, 0.29) is 17.5 Å². The lowest BCUT2D eigenvalue weighted by molar-refractivity contribution is -0.134. The standard InChI is InChI=1S/C29H39N3O3/c1-29(2,3)31-15-13-23(14-16-31)32(17-12-21-10-11-26(34-4)27(18-21)35-5)28(33)19-22-20-30-25-9-7-6-8-24(22)25/h6-11,18,20,23,30H,12-17,19H2,1-5H3. The largest absolute Gasteiger partial charge is 0.493 e. The van der Waals surface area contributed by atoms with Crippen LogP contribution in [0.15, 0.2) is 48.7 Å². The molecule has 1 aliphatic heterocycles. The summed E-state index contributed by atoms with van der Waals surface area (Å²) in [4.78, 5) is 21.7. The molecular formula is C29H39N3O3. The van der Waals surface area contributed by atoms with Crippen LogP contribution in [0, 0.1) is 0 Å². The molecule has 0 aliphatic carbocycles. The van der Waals surface area contributed by atoms with E-state index in [2.05, 4.69) is 53.8 Å². The number of benzene rings is 2. The highest BCUT2D eigenvalue weighted by atomic mass is 16.5. The van der Waals surface area contributed by atoms with Crippen LogP contribution in [0.3, 0.4) is 0 Å². The van der Waals surface area contributed by atoms with Gasteiger partial charge in [-0.05, 0) is 69.4 Å². The van der Waals surface area contributed by atoms with Gasteiger partial charge in [-0.3, -0.25) is 9.69 Å². The van der Waals surface area contributed by atoms with E-state index in [1.165, 1.54) is 0 Å². The van der Waals surface area contributed by atoms with Crippen molar-refractivity contribution >= 4 is 16.8 Å². The Labute approximate surface area is 209 Å². The van der Waals surface area contributed by atoms with Crippen LogP contribution < -0.4 is 9.47 Å². The van der Waals surface area contributed by atoms with Crippen LogP contribution in [0.1, 0.15) is 44.7 Å². The van der Waals surface area contributed by atoms with Crippen molar-refractivity contribution in [2.45, 2.75) is 58.0 Å². The number of methoxy groups -OCH3 is 2. The number of fused-ring (bicyclic) bond motifs is 1. The van der Waals surface area contributed by atoms with Crippen LogP contribution in [0.5, 0.6) is 11.5 Å². The summed E-state index contributed by atoms with van der Waals surface area (Å²) in [5.41, 5.74) is 3.43. The van der Waals surface area contributed by atoms with Gasteiger partial charge in [0, 0.05) is 48.3 Å². The molecule has 0 spiro atoms. The Morgan fingerprint density at radius 3 is 2.46 bits per heavy atom. The number of nitrogens with zero attached hydrogens (tertiary/aromatic N) is 2. The molecular weight excluding hydrogens is 438 g/mol. The number of aromatic nitrogens is 1. The maximum atomic E-state index is 13.7. The van der Waals surface area contributed by atoms with E-state index in [4.69, 9.17) is 9.47 Å². The number of nitrogens with one attached hydrogen (secondary N) is 1. The first-order chi connectivity index (χ1) is 16.8. The van der Waals surface area contributed by atoms with Gasteiger partial charge in [0.1, 0.15) is 0 Å². The number of para-hydroxylation sites is 1. The third-order valence-electron chi connectivity index (χ3n) is 7.28. The van der Waals surface area contributed by atoms with Crippen molar-refractivity contribution < 1.29 is 14.3 Å². The second-order valence-electron chi connectivity index (χ2n) is 10.5. The molecule has 0 bridgehead atoms. The minimum atomic E-state index is 0.156. The molecule has 0 unspecified atom stereocenters. The van der Waals surface area contributed by atoms with Gasteiger partial charge in [-0.15, -0.1) is 0 Å². The summed E-state index contributed by atoms with van der Waals surface area (Å²) in [5.74, 6) is 1.64. The normalized spacial score (nSPS) is 15.3. The average molecular weight is 478 g/mol. The van der Waals surface area contributed by atoms with Crippen molar-refractivity contribution in [1.82, 2.24) is 14.8 Å². The van der Waals surface area contributed by atoms with Gasteiger partial charge in [0.15, 0.2) is 11.5 Å². The fourth-order valence-electron chi connectivity index (χ4n) is 5.19. The summed E-state index contributed by atoms with van der Waals surface area (Å²) < 4.78 is 10.9. The lowest BCUT2D eigenvalue weighted by Crippen LogP contribution is -2.52. The van der Waals surface area contributed by atoms with Crippen molar-refractivity contribution in [3.05, 3.63) is 59.8 Å². The number of carbonyl (C=O) groups is 1. The summed E-state index contributed by atoms with van der Waals surface area (Å²) in [7, 11) is 3.30. The molecule has 1 amide bonds. The topological polar surface area (TPSA) is 57.8 Å². The highest BCUT2D eigenvalue weighted by molar-refractivity contribution is 5.89. The molecule has 6 nitrogen and oxygen atoms in total. The van der Waals surface area contributed by atoms with E-state index < -0.39 is 0 Å². The Morgan fingerprint density at radius 1 is 1.06 bits per heavy atom. The first kappa shape index (κ1) is 25.1. The highest BCUT2D eigenvalue weighted by Crippen LogP contribution is 2.29. The van der Waals surface area contributed by atoms with E-state index in [0.717, 1.165) is 65.9 Å². The van der Waals surface area contributed by atoms with Gasteiger partial charge in [-0.2, -0.15) is 0 Å². The fourth-order valence-corrected chi connectivity index (χ4v) is 5.19. The number of carbonyl (C=O) groups excluding carboxylic acids is 1. The smallest absolute Gasteiger partial charge is 0.227 e. The molecule has 1 fully saturated rings. The maximum Gasteiger partial charge on any atom is 0.227 e. The lowest BCUT2D eigenvalue weighted by Gasteiger charge is -2.44. The number of H-pyrrole nitrogens is 1. The van der Waals surface area contributed by atoms with Crippen LogP contribution in [-0.2, 0) is 17.6 Å². The first-order valence-electron chi connectivity index (χ1n) is 12.6. The summed E-state index contributed by atoms with van der Waals surface area (Å²) >= 11 is 0. The van der Waals surface area contributed by atoms with E-state index in [1.807, 2.05) is 30.5 Å². The molecule has 188 valence electrons. The Balaban J connectivity index is 1.52. The summed E-state index contributed by atoms with van der Waals surface area (Å²) in [6, 6.07) is 14.5. The zero-order chi connectivity index (χ0) is 25.0. The molecule has 1 aliphatic rings. The van der Waals surface area contributed by atoms with Gasteiger partial charge in [0.25, 0.3) is 0 Å². The summed E-state index contributed by atoms with van der Waals surface area (Å²) in [6.45, 7) is 9.53. The number of hydrogen-bond donors (Lipinski definition) is 1. The number of rotatable bonds is 8. The molecule has 35 heavy (non-hydrogen) atoms. The molecule has 0 radical (unpaired) electrons. The molecule has 0 saturated carbocycles. The van der Waals surface area contributed by atoms with Crippen LogP contribution >= 0.6 is 0 Å². The van der Waals surface area contributed by atoms with Crippen LogP contribution in [0.2, 0.25) is 0 Å². The second kappa shape index (κ2) is 10.7. The molecule has 3 aromatic rings. The molecule has 6 heteroatoms. The molecule has 2 heterocycles. The van der Waals surface area contributed by atoms with Gasteiger partial charge in [-0.25, -0.2) is 0 Å². The average Bonchev–Trinajstić information content (AvgIpc) is 3.26. The number of amides is 1. The van der Waals surface area contributed by atoms with Crippen molar-refractivity contribution in [3.63, 3.8) is 0 Å². The van der Waals surface area contributed by atoms with Gasteiger partial charge in [0.05, 0.1) is 20.6 Å². The minimum Gasteiger partial charge on any atom is -0.493 e. The zero-order valence-electron chi connectivity index (χ0n) is 21.8. The van der Waals surface area contributed by atoms with Crippen LogP contribution in [0.4, 0.5) is 0 Å². The Kier molecular flexibility index (Phi) is 7.70. The van der Waals surface area contributed by atoms with Crippen LogP contribution in [-0.4, -0.2) is 66.1 Å². The molecule has 1 saturated heterocycles. The van der Waals surface area contributed by atoms with Gasteiger partial charge in [0.2, 0.25) is 5.91 Å². The molecule has 4 rings (SSSR count). The van der Waals surface area contributed by atoms with E-state index >= 15 is 0 Å². The first-order valence-corrected chi connectivity index (χ1v) is 12.6. The van der Waals surface area contributed by atoms with E-state index in [9.17, 15) is 4.79 Å². The van der Waals surface area contributed by atoms with Gasteiger partial charge >= 0.3 is 0 Å². The van der Waals surface area contributed by atoms with Gasteiger partial charge < -0.3 is 19.4 Å². The molecule has 1 aromatic heterocycles. The van der Waals surface area contributed by atoms with Crippen molar-refractivity contribution in [2.24, 2.45) is 0 Å². The van der Waals surface area contributed by atoms with Crippen molar-refractivity contribution in [1.29, 1.82) is 0 Å². The third kappa shape index (κ3) is 5.81. The zero-order valence-corrected chi connectivity index (χ0v) is 21.8. The Morgan fingerprint density at radius 2 is 1.77 bits per heavy atom. The van der Waals surface area contributed by atoms with E-state index in [1.54, 1.807) is 14.2 Å². The number of likely N-dealkylation sites (tertiary alicyclic amines) is 1. The van der Waals surface area contributed by atoms with Gasteiger partial charge in [-0.1, -0.05) is 24.3 Å². The molecule has 1 N–H and O–H groups in total. The van der Waals surface area contributed by atoms with Crippen molar-refractivity contribution in [3.8, 4) is 11.5 Å². The second-order valence-corrected chi connectivity index (χ2v) is 10.5. The summed E-state index contributed by atoms with van der Waals surface area (Å²) in [5, 5.41) is 1.13.